The topological polar surface area (TPSA) is 110 Å². The summed E-state index contributed by atoms with van der Waals surface area (Å²) in [6.45, 7) is 0. The van der Waals surface area contributed by atoms with Gasteiger partial charge >= 0.3 is 0 Å². The lowest BCUT2D eigenvalue weighted by molar-refractivity contribution is 0.101. The third-order valence-corrected chi connectivity index (χ3v) is 2.91. The molecule has 1 aliphatic rings. The lowest BCUT2D eigenvalue weighted by atomic mass is 10.1. The number of amides is 1. The van der Waals surface area contributed by atoms with Crippen molar-refractivity contribution >= 4 is 21.9 Å². The largest absolute Gasteiger partial charge is 0.383 e. The SMILES string of the molecule is NC1=NC(=O)c2cccc(S(=O)(=O)O)c21. The van der Waals surface area contributed by atoms with Crippen LogP contribution in [0, 0.1) is 0 Å². The first-order valence-corrected chi connectivity index (χ1v) is 5.34. The van der Waals surface area contributed by atoms with Gasteiger partial charge in [-0.05, 0) is 12.1 Å². The zero-order valence-corrected chi connectivity index (χ0v) is 8.15. The van der Waals surface area contributed by atoms with Crippen molar-refractivity contribution in [1.82, 2.24) is 0 Å². The van der Waals surface area contributed by atoms with Crippen LogP contribution in [0.3, 0.4) is 0 Å². The maximum absolute atomic E-state index is 11.2. The fraction of sp³-hybridized carbons (Fsp3) is 0. The molecule has 0 atom stereocenters. The Labute approximate surface area is 85.2 Å². The first-order valence-electron chi connectivity index (χ1n) is 3.90. The maximum atomic E-state index is 11.2. The minimum atomic E-state index is -4.40. The standard InChI is InChI=1S/C8H6N2O4S/c9-7-6-4(8(11)10-7)2-1-3-5(6)15(12,13)14/h1-3H,(H2,9,10,11)(H,12,13,14). The van der Waals surface area contributed by atoms with Gasteiger partial charge in [0.05, 0.1) is 11.1 Å². The van der Waals surface area contributed by atoms with E-state index in [9.17, 15) is 13.2 Å². The Balaban J connectivity index is 2.84. The monoisotopic (exact) mass is 226 g/mol. The highest BCUT2D eigenvalue weighted by Crippen LogP contribution is 2.24. The number of hydrogen-bond acceptors (Lipinski definition) is 4. The summed E-state index contributed by atoms with van der Waals surface area (Å²) in [7, 11) is -4.40. The van der Waals surface area contributed by atoms with Crippen LogP contribution in [0.1, 0.15) is 15.9 Å². The van der Waals surface area contributed by atoms with Gasteiger partial charge in [-0.15, -0.1) is 0 Å². The highest BCUT2D eigenvalue weighted by Gasteiger charge is 2.28. The molecule has 7 heteroatoms. The lowest BCUT2D eigenvalue weighted by Crippen LogP contribution is -2.15. The molecule has 0 saturated carbocycles. The van der Waals surface area contributed by atoms with Crippen molar-refractivity contribution in [2.24, 2.45) is 10.7 Å². The molecule has 2 rings (SSSR count). The van der Waals surface area contributed by atoms with Crippen LogP contribution in [-0.4, -0.2) is 24.7 Å². The molecule has 1 aromatic rings. The third kappa shape index (κ3) is 1.41. The summed E-state index contributed by atoms with van der Waals surface area (Å²) < 4.78 is 30.9. The summed E-state index contributed by atoms with van der Waals surface area (Å²) in [5, 5.41) is 0. The molecule has 15 heavy (non-hydrogen) atoms. The number of benzene rings is 1. The summed E-state index contributed by atoms with van der Waals surface area (Å²) in [5.74, 6) is -0.795. The predicted molar refractivity (Wildman–Crippen MR) is 51.3 cm³/mol. The third-order valence-electron chi connectivity index (χ3n) is 2.01. The minimum Gasteiger partial charge on any atom is -0.383 e. The van der Waals surface area contributed by atoms with Gasteiger partial charge in [0.25, 0.3) is 16.0 Å². The Morgan fingerprint density at radius 3 is 2.60 bits per heavy atom. The quantitative estimate of drug-likeness (QED) is 0.644. The molecular weight excluding hydrogens is 220 g/mol. The van der Waals surface area contributed by atoms with Crippen molar-refractivity contribution in [2.75, 3.05) is 0 Å². The van der Waals surface area contributed by atoms with Crippen molar-refractivity contribution in [3.05, 3.63) is 29.3 Å². The Morgan fingerprint density at radius 1 is 1.33 bits per heavy atom. The molecule has 0 saturated heterocycles. The van der Waals surface area contributed by atoms with Crippen LogP contribution < -0.4 is 5.73 Å². The second kappa shape index (κ2) is 2.88. The molecule has 0 aromatic heterocycles. The summed E-state index contributed by atoms with van der Waals surface area (Å²) in [5.41, 5.74) is 5.45. The number of carbonyl (C=O) groups is 1. The van der Waals surface area contributed by atoms with E-state index in [0.29, 0.717) is 0 Å². The number of aliphatic imine (C=N–C) groups is 1. The van der Waals surface area contributed by atoms with Crippen molar-refractivity contribution in [2.45, 2.75) is 4.90 Å². The predicted octanol–water partition coefficient (Wildman–Crippen LogP) is -0.208. The molecule has 0 unspecified atom stereocenters. The molecule has 0 aliphatic carbocycles. The average Bonchev–Trinajstić information content (AvgIpc) is 2.41. The fourth-order valence-electron chi connectivity index (χ4n) is 1.41. The second-order valence-corrected chi connectivity index (χ2v) is 4.35. The number of amidine groups is 1. The van der Waals surface area contributed by atoms with Crippen molar-refractivity contribution in [3.8, 4) is 0 Å². The van der Waals surface area contributed by atoms with Gasteiger partial charge in [0.2, 0.25) is 0 Å². The number of rotatable bonds is 1. The molecule has 3 N–H and O–H groups in total. The van der Waals surface area contributed by atoms with Crippen LogP contribution in [0.4, 0.5) is 0 Å². The van der Waals surface area contributed by atoms with Gasteiger partial charge in [0, 0.05) is 0 Å². The van der Waals surface area contributed by atoms with E-state index in [2.05, 4.69) is 4.99 Å². The van der Waals surface area contributed by atoms with Crippen molar-refractivity contribution < 1.29 is 17.8 Å². The smallest absolute Gasteiger partial charge is 0.295 e. The van der Waals surface area contributed by atoms with Gasteiger partial charge in [-0.25, -0.2) is 0 Å². The highest BCUT2D eigenvalue weighted by atomic mass is 32.2. The zero-order valence-electron chi connectivity index (χ0n) is 7.34. The number of nitrogens with zero attached hydrogens (tertiary/aromatic N) is 1. The Kier molecular flexibility index (Phi) is 1.88. The van der Waals surface area contributed by atoms with Gasteiger partial charge in [-0.1, -0.05) is 6.07 Å². The van der Waals surface area contributed by atoms with Gasteiger partial charge in [0.15, 0.2) is 0 Å². The molecule has 78 valence electrons. The maximum Gasteiger partial charge on any atom is 0.295 e. The van der Waals surface area contributed by atoms with E-state index in [0.717, 1.165) is 6.07 Å². The zero-order chi connectivity index (χ0) is 11.2. The summed E-state index contributed by atoms with van der Waals surface area (Å²) in [4.78, 5) is 14.2. The average molecular weight is 226 g/mol. The van der Waals surface area contributed by atoms with Crippen molar-refractivity contribution in [3.63, 3.8) is 0 Å². The number of carbonyl (C=O) groups excluding carboxylic acids is 1. The van der Waals surface area contributed by atoms with Crippen LogP contribution in [0.25, 0.3) is 0 Å². The molecule has 1 aliphatic heterocycles. The second-order valence-electron chi connectivity index (χ2n) is 2.96. The Hall–Kier alpha value is -1.73. The van der Waals surface area contributed by atoms with Gasteiger partial charge in [-0.3, -0.25) is 9.35 Å². The van der Waals surface area contributed by atoms with E-state index in [1.165, 1.54) is 12.1 Å². The normalized spacial score (nSPS) is 15.0. The summed E-state index contributed by atoms with van der Waals surface area (Å²) in [6.07, 6.45) is 0. The van der Waals surface area contributed by atoms with Crippen molar-refractivity contribution in [1.29, 1.82) is 0 Å². The molecule has 1 amide bonds. The van der Waals surface area contributed by atoms with E-state index in [1.54, 1.807) is 0 Å². The molecule has 0 bridgehead atoms. The number of nitrogens with two attached hydrogens (primary N) is 1. The van der Waals surface area contributed by atoms with E-state index >= 15 is 0 Å². The summed E-state index contributed by atoms with van der Waals surface area (Å²) >= 11 is 0. The van der Waals surface area contributed by atoms with E-state index < -0.39 is 20.9 Å². The fourth-order valence-corrected chi connectivity index (χ4v) is 2.14. The molecule has 6 nitrogen and oxygen atoms in total. The molecule has 0 spiro atoms. The number of fused-ring (bicyclic) bond motifs is 1. The van der Waals surface area contributed by atoms with E-state index in [1.807, 2.05) is 0 Å². The van der Waals surface area contributed by atoms with Gasteiger partial charge in [0.1, 0.15) is 10.7 Å². The first kappa shape index (κ1) is 9.81. The molecule has 0 radical (unpaired) electrons. The van der Waals surface area contributed by atoms with E-state index in [4.69, 9.17) is 10.3 Å². The summed E-state index contributed by atoms with van der Waals surface area (Å²) in [6, 6.07) is 3.90. The van der Waals surface area contributed by atoms with Crippen LogP contribution >= 0.6 is 0 Å². The van der Waals surface area contributed by atoms with E-state index in [-0.39, 0.29) is 17.0 Å². The lowest BCUT2D eigenvalue weighted by Gasteiger charge is -2.03. The van der Waals surface area contributed by atoms with Crippen LogP contribution in [0.15, 0.2) is 28.1 Å². The molecule has 1 aromatic carbocycles. The van der Waals surface area contributed by atoms with Crippen LogP contribution in [0.5, 0.6) is 0 Å². The van der Waals surface area contributed by atoms with Crippen LogP contribution in [0.2, 0.25) is 0 Å². The highest BCUT2D eigenvalue weighted by molar-refractivity contribution is 7.86. The molecular formula is C8H6N2O4S. The Bertz CT molecular complexity index is 589. The van der Waals surface area contributed by atoms with Gasteiger partial charge in [-0.2, -0.15) is 13.4 Å². The first-order chi connectivity index (χ1) is 6.91. The Morgan fingerprint density at radius 2 is 2.00 bits per heavy atom. The molecule has 1 heterocycles. The minimum absolute atomic E-state index is 0.0231. The molecule has 0 fully saturated rings. The number of hydrogen-bond donors (Lipinski definition) is 2. The van der Waals surface area contributed by atoms with Gasteiger partial charge < -0.3 is 5.73 Å². The van der Waals surface area contributed by atoms with Crippen LogP contribution in [-0.2, 0) is 10.1 Å².